The Morgan fingerprint density at radius 2 is 1.91 bits per heavy atom. The van der Waals surface area contributed by atoms with Crippen molar-refractivity contribution in [1.29, 1.82) is 0 Å². The number of carbonyl (C=O) groups is 2. The molecule has 4 rings (SSSR count). The monoisotopic (exact) mass is 484 g/mol. The summed E-state index contributed by atoms with van der Waals surface area (Å²) >= 11 is 7.20. The maximum Gasteiger partial charge on any atom is 0.250 e. The number of ether oxygens (including phenoxy) is 2. The average Bonchev–Trinajstić information content (AvgIpc) is 3.44. The molecule has 33 heavy (non-hydrogen) atoms. The van der Waals surface area contributed by atoms with Gasteiger partial charge in [0.15, 0.2) is 11.5 Å². The molecule has 1 unspecified atom stereocenters. The Bertz CT molecular complexity index is 1200. The predicted molar refractivity (Wildman–Crippen MR) is 128 cm³/mol. The highest BCUT2D eigenvalue weighted by Crippen LogP contribution is 2.34. The number of nitrogens with one attached hydrogen (secondary N) is 1. The maximum absolute atomic E-state index is 12.5. The minimum atomic E-state index is -0.335. The van der Waals surface area contributed by atoms with Gasteiger partial charge in [0, 0.05) is 35.7 Å². The van der Waals surface area contributed by atoms with Crippen molar-refractivity contribution in [2.45, 2.75) is 12.3 Å². The molecule has 3 aromatic rings. The third-order valence-electron chi connectivity index (χ3n) is 5.12. The van der Waals surface area contributed by atoms with Crippen molar-refractivity contribution in [3.05, 3.63) is 64.1 Å². The summed E-state index contributed by atoms with van der Waals surface area (Å²) < 4.78 is 10.5. The quantitative estimate of drug-likeness (QED) is 0.500. The summed E-state index contributed by atoms with van der Waals surface area (Å²) in [7, 11) is 3.12. The van der Waals surface area contributed by atoms with E-state index in [0.29, 0.717) is 39.6 Å². The summed E-state index contributed by atoms with van der Waals surface area (Å²) in [5.74, 6) is 0.783. The molecule has 10 heteroatoms. The van der Waals surface area contributed by atoms with Gasteiger partial charge in [0.1, 0.15) is 5.01 Å². The number of benzene rings is 2. The third-order valence-corrected chi connectivity index (χ3v) is 6.37. The Balaban J connectivity index is 1.38. The zero-order chi connectivity index (χ0) is 23.4. The number of anilines is 2. The third kappa shape index (κ3) is 5.32. The van der Waals surface area contributed by atoms with Crippen molar-refractivity contribution in [2.24, 2.45) is 0 Å². The van der Waals surface area contributed by atoms with Crippen molar-refractivity contribution < 1.29 is 19.1 Å². The largest absolute Gasteiger partial charge is 0.493 e. The van der Waals surface area contributed by atoms with E-state index in [4.69, 9.17) is 21.1 Å². The van der Waals surface area contributed by atoms with Gasteiger partial charge in [-0.1, -0.05) is 29.0 Å². The number of carbonyl (C=O) groups excluding carboxylic acids is 2. The van der Waals surface area contributed by atoms with Crippen LogP contribution in [0.5, 0.6) is 11.5 Å². The first-order valence-corrected chi connectivity index (χ1v) is 11.3. The molecule has 2 amide bonds. The lowest BCUT2D eigenvalue weighted by Crippen LogP contribution is -2.24. The van der Waals surface area contributed by atoms with E-state index in [1.54, 1.807) is 49.5 Å². The first-order chi connectivity index (χ1) is 16.0. The van der Waals surface area contributed by atoms with E-state index in [1.807, 2.05) is 18.2 Å². The van der Waals surface area contributed by atoms with Crippen molar-refractivity contribution in [2.75, 3.05) is 31.0 Å². The molecule has 1 aliphatic rings. The second-order valence-electron chi connectivity index (χ2n) is 7.26. The molecule has 0 bridgehead atoms. The molecule has 0 radical (unpaired) electrons. The van der Waals surface area contributed by atoms with Gasteiger partial charge in [-0.3, -0.25) is 14.9 Å². The first-order valence-electron chi connectivity index (χ1n) is 10.1. The first kappa shape index (κ1) is 22.8. The van der Waals surface area contributed by atoms with Gasteiger partial charge in [0.25, 0.3) is 0 Å². The second-order valence-corrected chi connectivity index (χ2v) is 8.71. The van der Waals surface area contributed by atoms with Crippen molar-refractivity contribution in [1.82, 2.24) is 10.2 Å². The van der Waals surface area contributed by atoms with Crippen molar-refractivity contribution in [3.63, 3.8) is 0 Å². The SMILES string of the molecule is COc1ccc(/C=C/C(=O)Nc2nnc(C3CC(=O)N(c4ccc(Cl)cc4)C3)s2)cc1OC. The van der Waals surface area contributed by atoms with Gasteiger partial charge >= 0.3 is 0 Å². The van der Waals surface area contributed by atoms with Gasteiger partial charge in [-0.2, -0.15) is 0 Å². The molecule has 1 fully saturated rings. The molecule has 2 heterocycles. The van der Waals surface area contributed by atoms with Crippen LogP contribution in [0.15, 0.2) is 48.5 Å². The summed E-state index contributed by atoms with van der Waals surface area (Å²) in [5, 5.41) is 12.7. The minimum Gasteiger partial charge on any atom is -0.493 e. The van der Waals surface area contributed by atoms with Gasteiger partial charge in [-0.25, -0.2) is 0 Å². The van der Waals surface area contributed by atoms with Crippen LogP contribution in [0.4, 0.5) is 10.8 Å². The number of methoxy groups -OCH3 is 2. The number of amides is 2. The molecule has 170 valence electrons. The van der Waals surface area contributed by atoms with E-state index >= 15 is 0 Å². The molecule has 0 saturated carbocycles. The van der Waals surface area contributed by atoms with Gasteiger partial charge in [0.05, 0.1) is 14.2 Å². The number of nitrogens with zero attached hydrogens (tertiary/aromatic N) is 3. The molecule has 1 N–H and O–H groups in total. The Kier molecular flexibility index (Phi) is 6.90. The van der Waals surface area contributed by atoms with E-state index in [1.165, 1.54) is 17.4 Å². The van der Waals surface area contributed by atoms with E-state index < -0.39 is 0 Å². The summed E-state index contributed by atoms with van der Waals surface area (Å²) in [6, 6.07) is 12.5. The number of rotatable bonds is 7. The van der Waals surface area contributed by atoms with Gasteiger partial charge in [-0.15, -0.1) is 10.2 Å². The molecular weight excluding hydrogens is 464 g/mol. The molecule has 2 aromatic carbocycles. The van der Waals surface area contributed by atoms with E-state index in [-0.39, 0.29) is 17.7 Å². The highest BCUT2D eigenvalue weighted by molar-refractivity contribution is 7.15. The van der Waals surface area contributed by atoms with Gasteiger partial charge < -0.3 is 14.4 Å². The van der Waals surface area contributed by atoms with Crippen LogP contribution in [0.2, 0.25) is 5.02 Å². The Morgan fingerprint density at radius 3 is 2.64 bits per heavy atom. The number of hydrogen-bond acceptors (Lipinski definition) is 7. The normalized spacial score (nSPS) is 15.8. The highest BCUT2D eigenvalue weighted by Gasteiger charge is 2.33. The lowest BCUT2D eigenvalue weighted by Gasteiger charge is -2.16. The number of hydrogen-bond donors (Lipinski definition) is 1. The van der Waals surface area contributed by atoms with Crippen LogP contribution in [0.1, 0.15) is 22.9 Å². The standard InChI is InChI=1S/C23H21ClN4O4S/c1-31-18-9-3-14(11-19(18)32-2)4-10-20(29)25-23-27-26-22(33-23)15-12-21(30)28(13-15)17-7-5-16(24)6-8-17/h3-11,15H,12-13H2,1-2H3,(H,25,27,29)/b10-4+. The molecule has 8 nitrogen and oxygen atoms in total. The van der Waals surface area contributed by atoms with Crippen LogP contribution in [0.3, 0.4) is 0 Å². The van der Waals surface area contributed by atoms with Gasteiger partial charge in [-0.05, 0) is 48.0 Å². The summed E-state index contributed by atoms with van der Waals surface area (Å²) in [6.07, 6.45) is 3.41. The predicted octanol–water partition coefficient (Wildman–Crippen LogP) is 4.38. The van der Waals surface area contributed by atoms with E-state index in [9.17, 15) is 9.59 Å². The van der Waals surface area contributed by atoms with Crippen LogP contribution >= 0.6 is 22.9 Å². The summed E-state index contributed by atoms with van der Waals surface area (Å²) in [4.78, 5) is 26.5. The van der Waals surface area contributed by atoms with Crippen LogP contribution < -0.4 is 19.7 Å². The number of halogens is 1. The topological polar surface area (TPSA) is 93.7 Å². The molecule has 0 aliphatic carbocycles. The second kappa shape index (κ2) is 10.0. The maximum atomic E-state index is 12.5. The van der Waals surface area contributed by atoms with Crippen LogP contribution in [0.25, 0.3) is 6.08 Å². The molecule has 1 aromatic heterocycles. The molecule has 0 spiro atoms. The Labute approximate surface area is 199 Å². The molecule has 1 saturated heterocycles. The fourth-order valence-corrected chi connectivity index (χ4v) is 4.43. The smallest absolute Gasteiger partial charge is 0.250 e. The average molecular weight is 485 g/mol. The Hall–Kier alpha value is -3.43. The summed E-state index contributed by atoms with van der Waals surface area (Å²) in [5.41, 5.74) is 1.58. The van der Waals surface area contributed by atoms with Crippen molar-refractivity contribution in [3.8, 4) is 11.5 Å². The molecular formula is C23H21ClN4O4S. The molecule has 1 aliphatic heterocycles. The fraction of sp³-hybridized carbons (Fsp3) is 0.217. The molecule has 1 atom stereocenters. The lowest BCUT2D eigenvalue weighted by molar-refractivity contribution is -0.117. The number of aromatic nitrogens is 2. The van der Waals surface area contributed by atoms with Crippen LogP contribution in [0, 0.1) is 0 Å². The van der Waals surface area contributed by atoms with Gasteiger partial charge in [0.2, 0.25) is 16.9 Å². The van der Waals surface area contributed by atoms with E-state index in [2.05, 4.69) is 15.5 Å². The van der Waals surface area contributed by atoms with Crippen LogP contribution in [-0.4, -0.2) is 42.8 Å². The highest BCUT2D eigenvalue weighted by atomic mass is 35.5. The zero-order valence-electron chi connectivity index (χ0n) is 17.9. The Morgan fingerprint density at radius 1 is 1.15 bits per heavy atom. The zero-order valence-corrected chi connectivity index (χ0v) is 19.5. The van der Waals surface area contributed by atoms with E-state index in [0.717, 1.165) is 11.3 Å². The van der Waals surface area contributed by atoms with Crippen molar-refractivity contribution >= 4 is 51.6 Å². The fourth-order valence-electron chi connectivity index (χ4n) is 3.47. The lowest BCUT2D eigenvalue weighted by atomic mass is 10.1. The summed E-state index contributed by atoms with van der Waals surface area (Å²) in [6.45, 7) is 0.502. The van der Waals surface area contributed by atoms with Crippen LogP contribution in [-0.2, 0) is 9.59 Å². The minimum absolute atomic E-state index is 0.0148.